The molecular weight excluding hydrogens is 283 g/mol. The van der Waals surface area contributed by atoms with E-state index >= 15 is 0 Å². The average Bonchev–Trinajstić information content (AvgIpc) is 2.44. The number of rotatable bonds is 4. The topological polar surface area (TPSA) is 58.4 Å². The fourth-order valence-corrected chi connectivity index (χ4v) is 2.61. The van der Waals surface area contributed by atoms with E-state index in [0.717, 1.165) is 12.0 Å². The molecule has 1 aliphatic heterocycles. The first kappa shape index (κ1) is 15.8. The lowest BCUT2D eigenvalue weighted by atomic mass is 9.92. The van der Waals surface area contributed by atoms with Gasteiger partial charge in [-0.3, -0.25) is 9.69 Å². The molecule has 0 saturated heterocycles. The number of nitrogens with one attached hydrogen (secondary N) is 1. The summed E-state index contributed by atoms with van der Waals surface area (Å²) in [5.74, 6) is -0.634. The SMILES string of the molecule is NCC1c2ccccc2CCN1CC(=O)NCC(F)(F)F. The van der Waals surface area contributed by atoms with Crippen LogP contribution in [-0.2, 0) is 11.2 Å². The monoisotopic (exact) mass is 301 g/mol. The molecule has 0 radical (unpaired) electrons. The van der Waals surface area contributed by atoms with E-state index in [9.17, 15) is 18.0 Å². The Morgan fingerprint density at radius 2 is 2.10 bits per heavy atom. The lowest BCUT2D eigenvalue weighted by Crippen LogP contribution is -2.46. The van der Waals surface area contributed by atoms with Crippen molar-refractivity contribution in [2.75, 3.05) is 26.2 Å². The largest absolute Gasteiger partial charge is 0.405 e. The standard InChI is InChI=1S/C14H18F3N3O/c15-14(16,17)9-19-13(21)8-20-6-5-10-3-1-2-4-11(10)12(20)7-18/h1-4,12H,5-9,18H2,(H,19,21). The van der Waals surface area contributed by atoms with Gasteiger partial charge in [-0.05, 0) is 17.5 Å². The summed E-state index contributed by atoms with van der Waals surface area (Å²) in [5.41, 5.74) is 8.01. The molecule has 116 valence electrons. The molecule has 2 rings (SSSR count). The maximum atomic E-state index is 12.1. The highest BCUT2D eigenvalue weighted by Gasteiger charge is 2.30. The quantitative estimate of drug-likeness (QED) is 0.879. The Morgan fingerprint density at radius 1 is 1.38 bits per heavy atom. The minimum Gasteiger partial charge on any atom is -0.346 e. The van der Waals surface area contributed by atoms with Gasteiger partial charge in [-0.1, -0.05) is 24.3 Å². The molecular formula is C14H18F3N3O. The molecule has 1 unspecified atom stereocenters. The van der Waals surface area contributed by atoms with Crippen molar-refractivity contribution in [1.29, 1.82) is 0 Å². The Labute approximate surface area is 121 Å². The fraction of sp³-hybridized carbons (Fsp3) is 0.500. The van der Waals surface area contributed by atoms with Crippen LogP contribution in [0.1, 0.15) is 17.2 Å². The van der Waals surface area contributed by atoms with E-state index < -0.39 is 18.6 Å². The zero-order chi connectivity index (χ0) is 15.5. The average molecular weight is 301 g/mol. The van der Waals surface area contributed by atoms with Gasteiger partial charge in [-0.15, -0.1) is 0 Å². The van der Waals surface area contributed by atoms with E-state index in [-0.39, 0.29) is 12.6 Å². The molecule has 1 heterocycles. The van der Waals surface area contributed by atoms with Crippen LogP contribution in [0.25, 0.3) is 0 Å². The van der Waals surface area contributed by atoms with Gasteiger partial charge in [0.25, 0.3) is 0 Å². The molecule has 0 fully saturated rings. The number of carbonyl (C=O) groups excluding carboxylic acids is 1. The first-order valence-electron chi connectivity index (χ1n) is 6.76. The number of nitrogens with two attached hydrogens (primary N) is 1. The molecule has 0 saturated carbocycles. The van der Waals surface area contributed by atoms with Gasteiger partial charge >= 0.3 is 6.18 Å². The Morgan fingerprint density at radius 3 is 2.76 bits per heavy atom. The van der Waals surface area contributed by atoms with Crippen LogP contribution in [0, 0.1) is 0 Å². The third-order valence-electron chi connectivity index (χ3n) is 3.58. The van der Waals surface area contributed by atoms with Gasteiger partial charge in [0.1, 0.15) is 6.54 Å². The number of nitrogens with zero attached hydrogens (tertiary/aromatic N) is 1. The van der Waals surface area contributed by atoms with Gasteiger partial charge < -0.3 is 11.1 Å². The van der Waals surface area contributed by atoms with Crippen LogP contribution in [0.5, 0.6) is 0 Å². The van der Waals surface area contributed by atoms with Crippen molar-refractivity contribution in [3.8, 4) is 0 Å². The van der Waals surface area contributed by atoms with Crippen LogP contribution in [0.2, 0.25) is 0 Å². The predicted molar refractivity (Wildman–Crippen MR) is 72.6 cm³/mol. The zero-order valence-corrected chi connectivity index (χ0v) is 11.5. The first-order valence-corrected chi connectivity index (χ1v) is 6.76. The Balaban J connectivity index is 1.99. The molecule has 0 bridgehead atoms. The van der Waals surface area contributed by atoms with Gasteiger partial charge in [-0.2, -0.15) is 13.2 Å². The third-order valence-corrected chi connectivity index (χ3v) is 3.58. The van der Waals surface area contributed by atoms with Crippen LogP contribution >= 0.6 is 0 Å². The summed E-state index contributed by atoms with van der Waals surface area (Å²) < 4.78 is 36.3. The van der Waals surface area contributed by atoms with Gasteiger partial charge in [0.2, 0.25) is 5.91 Å². The summed E-state index contributed by atoms with van der Waals surface area (Å²) in [6.07, 6.45) is -3.63. The van der Waals surface area contributed by atoms with Crippen LogP contribution in [0.3, 0.4) is 0 Å². The van der Waals surface area contributed by atoms with Gasteiger partial charge in [0.05, 0.1) is 6.54 Å². The second-order valence-corrected chi connectivity index (χ2v) is 5.06. The molecule has 21 heavy (non-hydrogen) atoms. The smallest absolute Gasteiger partial charge is 0.346 e. The molecule has 3 N–H and O–H groups in total. The van der Waals surface area contributed by atoms with E-state index in [1.807, 2.05) is 34.5 Å². The van der Waals surface area contributed by atoms with E-state index in [4.69, 9.17) is 5.73 Å². The van der Waals surface area contributed by atoms with Crippen LogP contribution in [0.4, 0.5) is 13.2 Å². The molecule has 1 atom stereocenters. The number of hydrogen-bond acceptors (Lipinski definition) is 3. The summed E-state index contributed by atoms with van der Waals surface area (Å²) in [7, 11) is 0. The normalized spacial score (nSPS) is 19.1. The lowest BCUT2D eigenvalue weighted by molar-refractivity contribution is -0.139. The molecule has 0 aliphatic carbocycles. The summed E-state index contributed by atoms with van der Waals surface area (Å²) >= 11 is 0. The van der Waals surface area contributed by atoms with E-state index in [1.165, 1.54) is 5.56 Å². The lowest BCUT2D eigenvalue weighted by Gasteiger charge is -2.36. The molecule has 0 spiro atoms. The Hall–Kier alpha value is -1.60. The fourth-order valence-electron chi connectivity index (χ4n) is 2.61. The number of fused-ring (bicyclic) bond motifs is 1. The molecule has 7 heteroatoms. The molecule has 4 nitrogen and oxygen atoms in total. The van der Waals surface area contributed by atoms with Crippen molar-refractivity contribution in [1.82, 2.24) is 10.2 Å². The molecule has 1 amide bonds. The number of halogens is 3. The number of alkyl halides is 3. The second-order valence-electron chi connectivity index (χ2n) is 5.06. The third kappa shape index (κ3) is 4.18. The maximum Gasteiger partial charge on any atom is 0.405 e. The number of amides is 1. The van der Waals surface area contributed by atoms with Crippen molar-refractivity contribution in [2.24, 2.45) is 5.73 Å². The van der Waals surface area contributed by atoms with Gasteiger partial charge in [0.15, 0.2) is 0 Å². The van der Waals surface area contributed by atoms with Crippen LogP contribution in [0.15, 0.2) is 24.3 Å². The maximum absolute atomic E-state index is 12.1. The van der Waals surface area contributed by atoms with Crippen LogP contribution < -0.4 is 11.1 Å². The first-order chi connectivity index (χ1) is 9.90. The summed E-state index contributed by atoms with van der Waals surface area (Å²) in [4.78, 5) is 13.5. The van der Waals surface area contributed by atoms with Gasteiger partial charge in [-0.25, -0.2) is 0 Å². The minimum atomic E-state index is -4.39. The second kappa shape index (κ2) is 6.44. The predicted octanol–water partition coefficient (Wildman–Crippen LogP) is 1.22. The highest BCUT2D eigenvalue weighted by atomic mass is 19.4. The molecule has 1 aromatic rings. The van der Waals surface area contributed by atoms with E-state index in [0.29, 0.717) is 13.1 Å². The van der Waals surface area contributed by atoms with E-state index in [2.05, 4.69) is 0 Å². The Bertz CT molecular complexity index is 504. The van der Waals surface area contributed by atoms with E-state index in [1.54, 1.807) is 0 Å². The number of carbonyl (C=O) groups is 1. The van der Waals surface area contributed by atoms with Crippen molar-refractivity contribution < 1.29 is 18.0 Å². The van der Waals surface area contributed by atoms with Crippen molar-refractivity contribution in [3.05, 3.63) is 35.4 Å². The molecule has 1 aromatic carbocycles. The van der Waals surface area contributed by atoms with Crippen molar-refractivity contribution in [3.63, 3.8) is 0 Å². The highest BCUT2D eigenvalue weighted by Crippen LogP contribution is 2.28. The number of benzene rings is 1. The van der Waals surface area contributed by atoms with Crippen molar-refractivity contribution >= 4 is 5.91 Å². The molecule has 0 aromatic heterocycles. The zero-order valence-electron chi connectivity index (χ0n) is 11.5. The summed E-state index contributed by atoms with van der Waals surface area (Å²) in [6.45, 7) is -0.447. The Kier molecular flexibility index (Phi) is 4.84. The number of hydrogen-bond donors (Lipinski definition) is 2. The summed E-state index contributed by atoms with van der Waals surface area (Å²) in [5, 5.41) is 1.89. The van der Waals surface area contributed by atoms with Crippen LogP contribution in [-0.4, -0.2) is 43.2 Å². The van der Waals surface area contributed by atoms with Gasteiger partial charge in [0, 0.05) is 19.1 Å². The summed E-state index contributed by atoms with van der Waals surface area (Å²) in [6, 6.07) is 7.67. The minimum absolute atomic E-state index is 0.0771. The molecule has 1 aliphatic rings. The van der Waals surface area contributed by atoms with Crippen molar-refractivity contribution in [2.45, 2.75) is 18.6 Å². The highest BCUT2D eigenvalue weighted by molar-refractivity contribution is 5.78.